The number of benzene rings is 1. The molecule has 2 aliphatic rings. The number of aliphatic hydroxyl groups excluding tert-OH is 1. The molecule has 1 aliphatic carbocycles. The van der Waals surface area contributed by atoms with E-state index < -0.39 is 6.10 Å². The van der Waals surface area contributed by atoms with Crippen LogP contribution in [0.1, 0.15) is 42.9 Å². The Labute approximate surface area is 152 Å². The van der Waals surface area contributed by atoms with E-state index in [0.717, 1.165) is 24.0 Å². The molecule has 0 bridgehead atoms. The summed E-state index contributed by atoms with van der Waals surface area (Å²) in [6.07, 6.45) is 3.65. The van der Waals surface area contributed by atoms with Gasteiger partial charge in [-0.25, -0.2) is 4.68 Å². The van der Waals surface area contributed by atoms with Crippen LogP contribution >= 0.6 is 0 Å². The van der Waals surface area contributed by atoms with Crippen LogP contribution in [0.15, 0.2) is 30.6 Å². The monoisotopic (exact) mass is 356 g/mol. The summed E-state index contributed by atoms with van der Waals surface area (Å²) in [7, 11) is 0. The van der Waals surface area contributed by atoms with E-state index in [2.05, 4.69) is 21.6 Å². The molecule has 8 nitrogen and oxygen atoms in total. The molecule has 8 heteroatoms. The Morgan fingerprint density at radius 2 is 2.08 bits per heavy atom. The van der Waals surface area contributed by atoms with Crippen LogP contribution < -0.4 is 5.73 Å². The lowest BCUT2D eigenvalue weighted by atomic mass is 9.72. The molecule has 1 aromatic carbocycles. The number of hydrogen-bond acceptors (Lipinski definition) is 6. The van der Waals surface area contributed by atoms with Crippen molar-refractivity contribution in [3.05, 3.63) is 41.7 Å². The molecule has 26 heavy (non-hydrogen) atoms. The van der Waals surface area contributed by atoms with Crippen molar-refractivity contribution in [3.63, 3.8) is 0 Å². The molecular weight excluding hydrogens is 332 g/mol. The molecule has 4 rings (SSSR count). The number of rotatable bonds is 4. The Hall–Kier alpha value is -2.32. The number of nitrogens with two attached hydrogens (primary N) is 1. The highest BCUT2D eigenvalue weighted by Gasteiger charge is 2.51. The predicted molar refractivity (Wildman–Crippen MR) is 93.9 cm³/mol. The van der Waals surface area contributed by atoms with Crippen molar-refractivity contribution in [2.24, 2.45) is 5.73 Å². The molecule has 3 N–H and O–H groups in total. The van der Waals surface area contributed by atoms with Crippen molar-refractivity contribution in [1.29, 1.82) is 0 Å². The number of fused-ring (bicyclic) bond motifs is 2. The summed E-state index contributed by atoms with van der Waals surface area (Å²) in [5.74, 6) is 0.151. The normalized spacial score (nSPS) is 24.0. The van der Waals surface area contributed by atoms with Crippen LogP contribution in [-0.4, -0.2) is 55.3 Å². The Balaban J connectivity index is 1.37. The molecule has 1 saturated heterocycles. The molecule has 1 fully saturated rings. The van der Waals surface area contributed by atoms with Gasteiger partial charge in [0.15, 0.2) is 0 Å². The fraction of sp³-hybridized carbons (Fsp3) is 0.556. The van der Waals surface area contributed by atoms with Gasteiger partial charge in [-0.2, -0.15) is 0 Å². The first-order valence-electron chi connectivity index (χ1n) is 9.13. The fourth-order valence-corrected chi connectivity index (χ4v) is 4.47. The first-order valence-corrected chi connectivity index (χ1v) is 9.13. The molecule has 2 aromatic rings. The van der Waals surface area contributed by atoms with E-state index in [1.165, 1.54) is 0 Å². The lowest BCUT2D eigenvalue weighted by molar-refractivity contribution is -0.133. The fourth-order valence-electron chi connectivity index (χ4n) is 4.47. The van der Waals surface area contributed by atoms with Gasteiger partial charge in [0.25, 0.3) is 0 Å². The molecule has 1 spiro atoms. The first kappa shape index (κ1) is 17.1. The maximum absolute atomic E-state index is 12.5. The summed E-state index contributed by atoms with van der Waals surface area (Å²) < 4.78 is 1.63. The summed E-state index contributed by atoms with van der Waals surface area (Å²) in [6.45, 7) is 1.95. The average Bonchev–Trinajstić information content (AvgIpc) is 3.26. The van der Waals surface area contributed by atoms with Crippen molar-refractivity contribution >= 4 is 5.91 Å². The van der Waals surface area contributed by atoms with Crippen molar-refractivity contribution in [2.75, 3.05) is 13.1 Å². The third kappa shape index (κ3) is 2.79. The van der Waals surface area contributed by atoms with Gasteiger partial charge in [-0.05, 0) is 40.8 Å². The third-order valence-electron chi connectivity index (χ3n) is 5.94. The van der Waals surface area contributed by atoms with Gasteiger partial charge in [0.2, 0.25) is 5.91 Å². The minimum absolute atomic E-state index is 0.151. The number of carbonyl (C=O) groups is 1. The summed E-state index contributed by atoms with van der Waals surface area (Å²) >= 11 is 0. The Bertz CT molecular complexity index is 770. The van der Waals surface area contributed by atoms with E-state index >= 15 is 0 Å². The van der Waals surface area contributed by atoms with Gasteiger partial charge in [-0.15, -0.1) is 5.10 Å². The molecular formula is C18H24N6O2. The minimum atomic E-state index is -0.586. The van der Waals surface area contributed by atoms with Gasteiger partial charge >= 0.3 is 0 Å². The second-order valence-corrected chi connectivity index (χ2v) is 7.27. The Morgan fingerprint density at radius 1 is 1.31 bits per heavy atom. The highest BCUT2D eigenvalue weighted by molar-refractivity contribution is 5.76. The van der Waals surface area contributed by atoms with Gasteiger partial charge in [0, 0.05) is 31.5 Å². The van der Waals surface area contributed by atoms with Crippen LogP contribution in [0.4, 0.5) is 0 Å². The van der Waals surface area contributed by atoms with E-state index in [1.54, 1.807) is 11.0 Å². The molecule has 2 atom stereocenters. The third-order valence-corrected chi connectivity index (χ3v) is 5.94. The van der Waals surface area contributed by atoms with E-state index in [-0.39, 0.29) is 17.4 Å². The maximum atomic E-state index is 12.5. The van der Waals surface area contributed by atoms with Crippen molar-refractivity contribution in [3.8, 4) is 0 Å². The number of amides is 1. The number of carbonyl (C=O) groups excluding carboxylic acids is 1. The summed E-state index contributed by atoms with van der Waals surface area (Å²) in [4.78, 5) is 14.4. The second-order valence-electron chi connectivity index (χ2n) is 7.27. The van der Waals surface area contributed by atoms with Crippen LogP contribution in [0.3, 0.4) is 0 Å². The number of piperidine rings is 1. The van der Waals surface area contributed by atoms with Crippen LogP contribution in [-0.2, 0) is 16.8 Å². The zero-order valence-corrected chi connectivity index (χ0v) is 14.7. The van der Waals surface area contributed by atoms with Crippen molar-refractivity contribution in [2.45, 2.75) is 49.8 Å². The maximum Gasteiger partial charge on any atom is 0.222 e. The van der Waals surface area contributed by atoms with Crippen molar-refractivity contribution < 1.29 is 9.90 Å². The van der Waals surface area contributed by atoms with E-state index in [9.17, 15) is 9.90 Å². The molecule has 2 heterocycles. The lowest BCUT2D eigenvalue weighted by Gasteiger charge is -2.42. The van der Waals surface area contributed by atoms with Gasteiger partial charge in [-0.3, -0.25) is 4.79 Å². The highest BCUT2D eigenvalue weighted by Crippen LogP contribution is 2.50. The summed E-state index contributed by atoms with van der Waals surface area (Å²) in [6, 6.07) is 7.71. The van der Waals surface area contributed by atoms with Crippen LogP contribution in [0.2, 0.25) is 0 Å². The number of aliphatic hydroxyl groups is 1. The molecule has 0 unspecified atom stereocenters. The Morgan fingerprint density at radius 3 is 2.81 bits per heavy atom. The quantitative estimate of drug-likeness (QED) is 0.820. The predicted octanol–water partition coefficient (Wildman–Crippen LogP) is 0.388. The van der Waals surface area contributed by atoms with Gasteiger partial charge < -0.3 is 15.7 Å². The zero-order chi connectivity index (χ0) is 18.1. The number of aryl methyl sites for hydroxylation is 1. The SMILES string of the molecule is N[C@@H]1c2ccccc2C2(CCN(C(=O)CCCn3cnnn3)CC2)[C@H]1O. The number of hydrogen-bond donors (Lipinski definition) is 2. The number of aromatic nitrogens is 4. The van der Waals surface area contributed by atoms with Crippen LogP contribution in [0, 0.1) is 0 Å². The molecule has 1 aromatic heterocycles. The standard InChI is InChI=1S/C18H24N6O2/c19-16-13-4-1-2-5-14(13)18(17(16)26)7-10-23(11-8-18)15(25)6-3-9-24-12-20-21-22-24/h1-2,4-5,12,16-17,26H,3,6-11,19H2/t16-,17+/m1/s1. The zero-order valence-electron chi connectivity index (χ0n) is 14.7. The smallest absolute Gasteiger partial charge is 0.222 e. The number of tetrazole rings is 1. The summed E-state index contributed by atoms with van der Waals surface area (Å²) in [5, 5.41) is 21.8. The minimum Gasteiger partial charge on any atom is -0.390 e. The van der Waals surface area contributed by atoms with Gasteiger partial charge in [0.1, 0.15) is 6.33 Å². The summed E-state index contributed by atoms with van der Waals surface area (Å²) in [5.41, 5.74) is 8.13. The average molecular weight is 356 g/mol. The largest absolute Gasteiger partial charge is 0.390 e. The number of nitrogens with zero attached hydrogens (tertiary/aromatic N) is 5. The molecule has 1 aliphatic heterocycles. The van der Waals surface area contributed by atoms with Gasteiger partial charge in [-0.1, -0.05) is 24.3 Å². The van der Waals surface area contributed by atoms with Crippen molar-refractivity contribution in [1.82, 2.24) is 25.1 Å². The second kappa shape index (κ2) is 6.77. The van der Waals surface area contributed by atoms with E-state index in [4.69, 9.17) is 5.73 Å². The van der Waals surface area contributed by atoms with E-state index in [1.807, 2.05) is 23.1 Å². The molecule has 0 radical (unpaired) electrons. The van der Waals surface area contributed by atoms with Gasteiger partial charge in [0.05, 0.1) is 12.1 Å². The lowest BCUT2D eigenvalue weighted by Crippen LogP contribution is -2.50. The first-order chi connectivity index (χ1) is 12.6. The Kier molecular flexibility index (Phi) is 4.46. The van der Waals surface area contributed by atoms with Crippen LogP contribution in [0.25, 0.3) is 0 Å². The highest BCUT2D eigenvalue weighted by atomic mass is 16.3. The number of likely N-dealkylation sites (tertiary alicyclic amines) is 1. The molecule has 1 amide bonds. The van der Waals surface area contributed by atoms with Crippen LogP contribution in [0.5, 0.6) is 0 Å². The van der Waals surface area contributed by atoms with E-state index in [0.29, 0.717) is 32.5 Å². The molecule has 0 saturated carbocycles. The topological polar surface area (TPSA) is 110 Å². The molecule has 138 valence electrons.